The van der Waals surface area contributed by atoms with Crippen LogP contribution in [-0.2, 0) is 4.74 Å². The van der Waals surface area contributed by atoms with E-state index >= 15 is 0 Å². The van der Waals surface area contributed by atoms with E-state index in [0.29, 0.717) is 17.4 Å². The molecule has 84 valence electrons. The predicted octanol–water partition coefficient (Wildman–Crippen LogP) is 2.44. The van der Waals surface area contributed by atoms with Gasteiger partial charge in [0.25, 0.3) is 0 Å². The third kappa shape index (κ3) is 3.97. The van der Waals surface area contributed by atoms with Crippen molar-refractivity contribution >= 4 is 0 Å². The topological polar surface area (TPSA) is 21.3 Å². The van der Waals surface area contributed by atoms with Crippen molar-refractivity contribution in [3.8, 4) is 0 Å². The molecule has 0 aromatic carbocycles. The Morgan fingerprint density at radius 2 is 2.07 bits per heavy atom. The summed E-state index contributed by atoms with van der Waals surface area (Å²) in [5, 5.41) is 3.41. The van der Waals surface area contributed by atoms with Crippen LogP contribution >= 0.6 is 0 Å². The summed E-state index contributed by atoms with van der Waals surface area (Å²) >= 11 is 0. The Balaban J connectivity index is 2.33. The van der Waals surface area contributed by atoms with Gasteiger partial charge in [0, 0.05) is 12.6 Å². The van der Waals surface area contributed by atoms with Gasteiger partial charge < -0.3 is 10.1 Å². The van der Waals surface area contributed by atoms with Gasteiger partial charge in [-0.15, -0.1) is 0 Å². The lowest BCUT2D eigenvalue weighted by Crippen LogP contribution is -2.41. The first-order valence-corrected chi connectivity index (χ1v) is 5.78. The fourth-order valence-electron chi connectivity index (χ4n) is 2.08. The van der Waals surface area contributed by atoms with Gasteiger partial charge in [-0.05, 0) is 37.6 Å². The average molecular weight is 199 g/mol. The molecule has 0 spiro atoms. The minimum atomic E-state index is 0.454. The second-order valence-electron chi connectivity index (χ2n) is 5.62. The molecule has 0 aromatic rings. The predicted molar refractivity (Wildman–Crippen MR) is 60.5 cm³/mol. The van der Waals surface area contributed by atoms with Gasteiger partial charge in [0.15, 0.2) is 0 Å². The molecule has 1 N–H and O–H groups in total. The van der Waals surface area contributed by atoms with Gasteiger partial charge >= 0.3 is 0 Å². The van der Waals surface area contributed by atoms with Crippen LogP contribution in [0, 0.1) is 11.3 Å². The second-order valence-corrected chi connectivity index (χ2v) is 5.62. The Morgan fingerprint density at radius 1 is 1.36 bits per heavy atom. The maximum atomic E-state index is 5.54. The van der Waals surface area contributed by atoms with Gasteiger partial charge in [-0.2, -0.15) is 0 Å². The minimum Gasteiger partial charge on any atom is -0.381 e. The lowest BCUT2D eigenvalue weighted by Gasteiger charge is -2.33. The molecule has 1 fully saturated rings. The van der Waals surface area contributed by atoms with E-state index in [1.807, 2.05) is 0 Å². The summed E-state index contributed by atoms with van der Waals surface area (Å²) < 4.78 is 5.54. The van der Waals surface area contributed by atoms with Gasteiger partial charge in [0.2, 0.25) is 0 Å². The first-order valence-electron chi connectivity index (χ1n) is 5.78. The lowest BCUT2D eigenvalue weighted by atomic mass is 9.83. The van der Waals surface area contributed by atoms with Gasteiger partial charge in [0.05, 0.1) is 6.61 Å². The van der Waals surface area contributed by atoms with E-state index < -0.39 is 0 Å². The van der Waals surface area contributed by atoms with Gasteiger partial charge in [-0.25, -0.2) is 0 Å². The fourth-order valence-corrected chi connectivity index (χ4v) is 2.08. The maximum absolute atomic E-state index is 5.54. The number of hydrogen-bond donors (Lipinski definition) is 1. The van der Waals surface area contributed by atoms with Crippen LogP contribution in [0.5, 0.6) is 0 Å². The van der Waals surface area contributed by atoms with Crippen LogP contribution in [0.25, 0.3) is 0 Å². The summed E-state index contributed by atoms with van der Waals surface area (Å²) in [6.45, 7) is 8.81. The van der Waals surface area contributed by atoms with Crippen molar-refractivity contribution < 1.29 is 4.74 Å². The molecule has 1 aliphatic heterocycles. The molecule has 0 amide bonds. The largest absolute Gasteiger partial charge is 0.381 e. The van der Waals surface area contributed by atoms with E-state index in [2.05, 4.69) is 33.1 Å². The zero-order valence-corrected chi connectivity index (χ0v) is 10.1. The summed E-state index contributed by atoms with van der Waals surface area (Å²) in [7, 11) is 2.07. The molecule has 0 aliphatic carbocycles. The van der Waals surface area contributed by atoms with Crippen molar-refractivity contribution in [1.82, 2.24) is 5.32 Å². The highest BCUT2D eigenvalue weighted by molar-refractivity contribution is 4.79. The van der Waals surface area contributed by atoms with Crippen molar-refractivity contribution in [2.45, 2.75) is 46.1 Å². The van der Waals surface area contributed by atoms with Crippen molar-refractivity contribution in [2.75, 3.05) is 20.3 Å². The summed E-state index contributed by atoms with van der Waals surface area (Å²) in [6.07, 6.45) is 3.75. The molecule has 2 atom stereocenters. The minimum absolute atomic E-state index is 0.454. The molecule has 1 aliphatic rings. The molecule has 14 heavy (non-hydrogen) atoms. The fraction of sp³-hybridized carbons (Fsp3) is 1.00. The molecule has 2 heteroatoms. The van der Waals surface area contributed by atoms with Crippen LogP contribution in [0.15, 0.2) is 0 Å². The second kappa shape index (κ2) is 5.13. The van der Waals surface area contributed by atoms with Crippen LogP contribution in [-0.4, -0.2) is 26.3 Å². The summed E-state index contributed by atoms with van der Waals surface area (Å²) in [6, 6.07) is 0.672. The molecule has 1 heterocycles. The van der Waals surface area contributed by atoms with Crippen LogP contribution < -0.4 is 5.32 Å². The third-order valence-corrected chi connectivity index (χ3v) is 3.11. The molecule has 1 saturated heterocycles. The van der Waals surface area contributed by atoms with Crippen LogP contribution in [0.3, 0.4) is 0 Å². The molecule has 1 rings (SSSR count). The van der Waals surface area contributed by atoms with Gasteiger partial charge in [-0.1, -0.05) is 20.8 Å². The van der Waals surface area contributed by atoms with Gasteiger partial charge in [0.1, 0.15) is 0 Å². The Hall–Kier alpha value is -0.0800. The zero-order chi connectivity index (χ0) is 10.6. The Morgan fingerprint density at radius 3 is 2.64 bits per heavy atom. The average Bonchev–Trinajstić information content (AvgIpc) is 2.14. The summed E-state index contributed by atoms with van der Waals surface area (Å²) in [5.74, 6) is 0.716. The van der Waals surface area contributed by atoms with E-state index in [0.717, 1.165) is 13.2 Å². The first-order chi connectivity index (χ1) is 6.53. The zero-order valence-electron chi connectivity index (χ0n) is 10.1. The molecule has 0 radical (unpaired) electrons. The lowest BCUT2D eigenvalue weighted by molar-refractivity contribution is 0.0266. The van der Waals surface area contributed by atoms with Crippen LogP contribution in [0.4, 0.5) is 0 Å². The van der Waals surface area contributed by atoms with Crippen LogP contribution in [0.1, 0.15) is 40.0 Å². The first kappa shape index (κ1) is 12.0. The molecule has 0 aromatic heterocycles. The van der Waals surface area contributed by atoms with E-state index in [-0.39, 0.29) is 0 Å². The van der Waals surface area contributed by atoms with Gasteiger partial charge in [-0.3, -0.25) is 0 Å². The van der Waals surface area contributed by atoms with E-state index in [4.69, 9.17) is 4.74 Å². The number of nitrogens with one attached hydrogen (secondary N) is 1. The van der Waals surface area contributed by atoms with E-state index in [9.17, 15) is 0 Å². The van der Waals surface area contributed by atoms with Crippen molar-refractivity contribution in [1.29, 1.82) is 0 Å². The van der Waals surface area contributed by atoms with E-state index in [1.54, 1.807) is 0 Å². The van der Waals surface area contributed by atoms with Crippen LogP contribution in [0.2, 0.25) is 0 Å². The van der Waals surface area contributed by atoms with Crippen molar-refractivity contribution in [3.63, 3.8) is 0 Å². The Kier molecular flexibility index (Phi) is 4.39. The molecule has 0 saturated carbocycles. The SMILES string of the molecule is CNC1CCOCC1CCC(C)(C)C. The van der Waals surface area contributed by atoms with E-state index in [1.165, 1.54) is 19.3 Å². The quantitative estimate of drug-likeness (QED) is 0.754. The maximum Gasteiger partial charge on any atom is 0.0509 e. The van der Waals surface area contributed by atoms with Crippen molar-refractivity contribution in [2.24, 2.45) is 11.3 Å². The number of rotatable bonds is 3. The monoisotopic (exact) mass is 199 g/mol. The number of hydrogen-bond acceptors (Lipinski definition) is 2. The van der Waals surface area contributed by atoms with Crippen molar-refractivity contribution in [3.05, 3.63) is 0 Å². The molecule has 2 nitrogen and oxygen atoms in total. The molecule has 2 unspecified atom stereocenters. The normalized spacial score (nSPS) is 29.1. The summed E-state index contributed by atoms with van der Waals surface area (Å²) in [5.41, 5.74) is 0.454. The Labute approximate surface area is 88.4 Å². The third-order valence-electron chi connectivity index (χ3n) is 3.11. The standard InChI is InChI=1S/C12H25NO/c1-12(2,3)7-5-10-9-14-8-6-11(10)13-4/h10-11,13H,5-9H2,1-4H3. The molecular weight excluding hydrogens is 174 g/mol. The highest BCUT2D eigenvalue weighted by atomic mass is 16.5. The molecular formula is C12H25NO. The Bertz CT molecular complexity index is 162. The molecule has 0 bridgehead atoms. The smallest absolute Gasteiger partial charge is 0.0509 e. The number of ether oxygens (including phenoxy) is 1. The highest BCUT2D eigenvalue weighted by Gasteiger charge is 2.25. The summed E-state index contributed by atoms with van der Waals surface area (Å²) in [4.78, 5) is 0. The highest BCUT2D eigenvalue weighted by Crippen LogP contribution is 2.27.